The van der Waals surface area contributed by atoms with Crippen LogP contribution in [0.25, 0.3) is 11.7 Å². The smallest absolute Gasteiger partial charge is 0.303 e. The van der Waals surface area contributed by atoms with E-state index in [4.69, 9.17) is 17.3 Å². The number of pyridine rings is 1. The van der Waals surface area contributed by atoms with E-state index in [0.717, 1.165) is 17.3 Å². The summed E-state index contributed by atoms with van der Waals surface area (Å²) in [6, 6.07) is 3.65. The highest BCUT2D eigenvalue weighted by Gasteiger charge is 2.32. The molecule has 0 bridgehead atoms. The number of nitrogens with zero attached hydrogens (tertiary/aromatic N) is 3. The van der Waals surface area contributed by atoms with Crippen LogP contribution in [-0.2, 0) is 9.59 Å². The average Bonchev–Trinajstić information content (AvgIpc) is 3.02. The second-order valence-corrected chi connectivity index (χ2v) is 8.95. The van der Waals surface area contributed by atoms with Crippen molar-refractivity contribution in [3.05, 3.63) is 57.4 Å². The van der Waals surface area contributed by atoms with Crippen LogP contribution in [0.5, 0.6) is 0 Å². The van der Waals surface area contributed by atoms with Gasteiger partial charge < -0.3 is 10.4 Å². The number of carbonyl (C=O) groups excluding carboxylic acids is 1. The van der Waals surface area contributed by atoms with Crippen LogP contribution in [0.4, 0.5) is 5.82 Å². The summed E-state index contributed by atoms with van der Waals surface area (Å²) in [5, 5.41) is 11.8. The molecular formula is C22H24N4O4S2. The summed E-state index contributed by atoms with van der Waals surface area (Å²) in [6.07, 6.45) is 6.85. The van der Waals surface area contributed by atoms with E-state index in [0.29, 0.717) is 53.0 Å². The zero-order chi connectivity index (χ0) is 23.3. The van der Waals surface area contributed by atoms with Gasteiger partial charge in [-0.05, 0) is 37.5 Å². The van der Waals surface area contributed by atoms with Gasteiger partial charge in [0.2, 0.25) is 0 Å². The number of amides is 1. The largest absolute Gasteiger partial charge is 0.481 e. The van der Waals surface area contributed by atoms with Crippen LogP contribution in [0.2, 0.25) is 0 Å². The van der Waals surface area contributed by atoms with Crippen molar-refractivity contribution in [1.82, 2.24) is 14.3 Å². The number of thiocarbonyl (C=S) groups is 1. The second kappa shape index (κ2) is 10.6. The van der Waals surface area contributed by atoms with Crippen LogP contribution in [0.15, 0.2) is 40.7 Å². The summed E-state index contributed by atoms with van der Waals surface area (Å²) in [5.41, 5.74) is 1.38. The van der Waals surface area contributed by atoms with Crippen molar-refractivity contribution in [3.8, 4) is 0 Å². The number of carboxylic acid groups (broad SMARTS) is 1. The van der Waals surface area contributed by atoms with Crippen LogP contribution in [-0.4, -0.2) is 48.7 Å². The Morgan fingerprint density at radius 3 is 2.84 bits per heavy atom. The maximum atomic E-state index is 13.2. The first-order valence-electron chi connectivity index (χ1n) is 10.2. The predicted molar refractivity (Wildman–Crippen MR) is 131 cm³/mol. The number of rotatable bonds is 10. The van der Waals surface area contributed by atoms with E-state index in [1.54, 1.807) is 24.4 Å². The van der Waals surface area contributed by atoms with Crippen molar-refractivity contribution < 1.29 is 14.7 Å². The van der Waals surface area contributed by atoms with Crippen LogP contribution in [0.1, 0.15) is 36.8 Å². The fraction of sp³-hybridized carbons (Fsp3) is 0.318. The molecular weight excluding hydrogens is 448 g/mol. The molecule has 0 atom stereocenters. The third-order valence-corrected chi connectivity index (χ3v) is 6.30. The van der Waals surface area contributed by atoms with Gasteiger partial charge in [0.25, 0.3) is 11.5 Å². The number of aliphatic carboxylic acids is 1. The Hall–Kier alpha value is -2.98. The number of carboxylic acids is 1. The molecule has 32 heavy (non-hydrogen) atoms. The van der Waals surface area contributed by atoms with E-state index in [1.807, 2.05) is 13.0 Å². The molecule has 3 rings (SSSR count). The minimum Gasteiger partial charge on any atom is -0.481 e. The molecule has 2 aromatic heterocycles. The Labute approximate surface area is 195 Å². The molecule has 0 aliphatic carbocycles. The van der Waals surface area contributed by atoms with Crippen molar-refractivity contribution >= 4 is 57.7 Å². The Kier molecular flexibility index (Phi) is 7.81. The first kappa shape index (κ1) is 23.7. The van der Waals surface area contributed by atoms with Crippen molar-refractivity contribution in [2.75, 3.05) is 18.4 Å². The number of carbonyl (C=O) groups is 2. The number of thioether (sulfide) groups is 1. The lowest BCUT2D eigenvalue weighted by molar-refractivity contribution is -0.137. The van der Waals surface area contributed by atoms with Crippen molar-refractivity contribution in [1.29, 1.82) is 0 Å². The zero-order valence-electron chi connectivity index (χ0n) is 17.7. The van der Waals surface area contributed by atoms with Crippen molar-refractivity contribution in [2.45, 2.75) is 32.6 Å². The second-order valence-electron chi connectivity index (χ2n) is 7.27. The monoisotopic (exact) mass is 472 g/mol. The van der Waals surface area contributed by atoms with Gasteiger partial charge in [-0.15, -0.1) is 6.58 Å². The standard InChI is InChI=1S/C22H24N4O4S2/c1-3-10-23-18-15(20(29)25-12-7-8-14(2)19(25)24-18)13-16-21(30)26(22(31)32-16)11-6-4-5-9-17(27)28/h3,7-8,12-13,23H,1,4-6,9-11H2,2H3,(H,27,28). The number of nitrogens with one attached hydrogen (secondary N) is 1. The molecule has 3 heterocycles. The Bertz CT molecular complexity index is 1170. The van der Waals surface area contributed by atoms with Gasteiger partial charge in [-0.3, -0.25) is 23.7 Å². The predicted octanol–water partition coefficient (Wildman–Crippen LogP) is 3.45. The number of fused-ring (bicyclic) bond motifs is 1. The lowest BCUT2D eigenvalue weighted by Gasteiger charge is -2.14. The maximum absolute atomic E-state index is 13.2. The van der Waals surface area contributed by atoms with E-state index < -0.39 is 5.97 Å². The van der Waals surface area contributed by atoms with Gasteiger partial charge in [0.05, 0.1) is 10.5 Å². The van der Waals surface area contributed by atoms with Crippen molar-refractivity contribution in [2.24, 2.45) is 0 Å². The number of aryl methyl sites for hydroxylation is 1. The Morgan fingerprint density at radius 1 is 1.34 bits per heavy atom. The first-order valence-corrected chi connectivity index (χ1v) is 11.4. The van der Waals surface area contributed by atoms with Crippen LogP contribution in [0.3, 0.4) is 0 Å². The van der Waals surface area contributed by atoms with Crippen molar-refractivity contribution in [3.63, 3.8) is 0 Å². The molecule has 1 aliphatic heterocycles. The fourth-order valence-corrected chi connectivity index (χ4v) is 4.58. The molecule has 1 amide bonds. The normalized spacial score (nSPS) is 15.0. The third-order valence-electron chi connectivity index (χ3n) is 4.92. The summed E-state index contributed by atoms with van der Waals surface area (Å²) >= 11 is 6.51. The first-order chi connectivity index (χ1) is 15.3. The van der Waals surface area contributed by atoms with Crippen LogP contribution in [0, 0.1) is 6.92 Å². The number of aromatic nitrogens is 2. The number of anilines is 1. The van der Waals surface area contributed by atoms with Gasteiger partial charge in [-0.25, -0.2) is 4.98 Å². The van der Waals surface area contributed by atoms with E-state index >= 15 is 0 Å². The number of hydrogen-bond acceptors (Lipinski definition) is 7. The molecule has 1 fully saturated rings. The molecule has 168 valence electrons. The highest BCUT2D eigenvalue weighted by Crippen LogP contribution is 2.33. The molecule has 0 radical (unpaired) electrons. The van der Waals surface area contributed by atoms with Crippen LogP contribution >= 0.6 is 24.0 Å². The summed E-state index contributed by atoms with van der Waals surface area (Å²) in [4.78, 5) is 43.2. The fourth-order valence-electron chi connectivity index (χ4n) is 3.29. The molecule has 2 N–H and O–H groups in total. The average molecular weight is 473 g/mol. The highest BCUT2D eigenvalue weighted by molar-refractivity contribution is 8.26. The summed E-state index contributed by atoms with van der Waals surface area (Å²) in [6.45, 7) is 6.39. The topological polar surface area (TPSA) is 104 Å². The number of hydrogen-bond donors (Lipinski definition) is 2. The SMILES string of the molecule is C=CCNc1nc2c(C)cccn2c(=O)c1C=C1SC(=S)N(CCCCCC(=O)O)C1=O. The van der Waals surface area contributed by atoms with Crippen LogP contribution < -0.4 is 10.9 Å². The number of unbranched alkanes of at least 4 members (excludes halogenated alkanes) is 2. The highest BCUT2D eigenvalue weighted by atomic mass is 32.2. The summed E-state index contributed by atoms with van der Waals surface area (Å²) in [7, 11) is 0. The summed E-state index contributed by atoms with van der Waals surface area (Å²) < 4.78 is 1.88. The Morgan fingerprint density at radius 2 is 2.12 bits per heavy atom. The lowest BCUT2D eigenvalue weighted by atomic mass is 10.2. The van der Waals surface area contributed by atoms with E-state index in [1.165, 1.54) is 9.30 Å². The minimum atomic E-state index is -0.829. The molecule has 0 saturated carbocycles. The molecule has 1 saturated heterocycles. The lowest BCUT2D eigenvalue weighted by Crippen LogP contribution is -2.29. The summed E-state index contributed by atoms with van der Waals surface area (Å²) in [5.74, 6) is -0.713. The quantitative estimate of drug-likeness (QED) is 0.235. The van der Waals surface area contributed by atoms with E-state index in [2.05, 4.69) is 16.9 Å². The molecule has 0 spiro atoms. The van der Waals surface area contributed by atoms with Gasteiger partial charge in [-0.1, -0.05) is 42.5 Å². The molecule has 2 aromatic rings. The zero-order valence-corrected chi connectivity index (χ0v) is 19.3. The molecule has 0 aromatic carbocycles. The van der Waals surface area contributed by atoms with Gasteiger partial charge in [0.1, 0.15) is 15.8 Å². The molecule has 10 heteroatoms. The van der Waals surface area contributed by atoms with E-state index in [9.17, 15) is 14.4 Å². The van der Waals surface area contributed by atoms with Gasteiger partial charge in [0, 0.05) is 25.7 Å². The maximum Gasteiger partial charge on any atom is 0.303 e. The Balaban J connectivity index is 1.89. The minimum absolute atomic E-state index is 0.108. The molecule has 0 unspecified atom stereocenters. The van der Waals surface area contributed by atoms with Gasteiger partial charge in [-0.2, -0.15) is 0 Å². The molecule has 1 aliphatic rings. The molecule has 8 nitrogen and oxygen atoms in total. The van der Waals surface area contributed by atoms with E-state index in [-0.39, 0.29) is 23.5 Å². The van der Waals surface area contributed by atoms with Gasteiger partial charge in [0.15, 0.2) is 0 Å². The third kappa shape index (κ3) is 5.25. The van der Waals surface area contributed by atoms with Gasteiger partial charge >= 0.3 is 5.97 Å².